The van der Waals surface area contributed by atoms with E-state index in [0.717, 1.165) is 11.5 Å². The highest BCUT2D eigenvalue weighted by molar-refractivity contribution is 9.09. The third-order valence-corrected chi connectivity index (χ3v) is 4.23. The molecule has 1 aromatic carbocycles. The highest BCUT2D eigenvalue weighted by Gasteiger charge is 2.14. The van der Waals surface area contributed by atoms with Crippen molar-refractivity contribution in [3.05, 3.63) is 23.8 Å². The normalized spacial score (nSPS) is 15.4. The highest BCUT2D eigenvalue weighted by atomic mass is 79.9. The molecule has 1 aliphatic rings. The first-order valence-corrected chi connectivity index (χ1v) is 7.76. The number of ether oxygens (including phenoxy) is 2. The predicted octanol–water partition coefficient (Wildman–Crippen LogP) is 4.86. The summed E-state index contributed by atoms with van der Waals surface area (Å²) < 4.78 is 11.1. The topological polar surface area (TPSA) is 18.5 Å². The summed E-state index contributed by atoms with van der Waals surface area (Å²) >= 11 is 3.77. The first-order valence-electron chi connectivity index (χ1n) is 6.85. The van der Waals surface area contributed by atoms with Crippen LogP contribution in [0.4, 0.5) is 0 Å². The molecule has 0 fully saturated rings. The minimum Gasteiger partial charge on any atom is -0.486 e. The van der Waals surface area contributed by atoms with Gasteiger partial charge in [-0.2, -0.15) is 0 Å². The van der Waals surface area contributed by atoms with Gasteiger partial charge in [0.15, 0.2) is 11.5 Å². The Morgan fingerprint density at radius 3 is 2.67 bits per heavy atom. The number of hydrogen-bond donors (Lipinski definition) is 0. The molecule has 3 heteroatoms. The summed E-state index contributed by atoms with van der Waals surface area (Å²) in [5.41, 5.74) is 1.29. The predicted molar refractivity (Wildman–Crippen MR) is 77.9 cm³/mol. The van der Waals surface area contributed by atoms with Crippen molar-refractivity contribution in [2.75, 3.05) is 13.2 Å². The van der Waals surface area contributed by atoms with Gasteiger partial charge in [-0.15, -0.1) is 0 Å². The maximum absolute atomic E-state index is 5.61. The van der Waals surface area contributed by atoms with Crippen LogP contribution in [-0.4, -0.2) is 13.2 Å². The van der Waals surface area contributed by atoms with Crippen LogP contribution in [-0.2, 0) is 0 Å². The smallest absolute Gasteiger partial charge is 0.161 e. The van der Waals surface area contributed by atoms with Crippen LogP contribution in [0.2, 0.25) is 0 Å². The van der Waals surface area contributed by atoms with Crippen molar-refractivity contribution in [3.63, 3.8) is 0 Å². The van der Waals surface area contributed by atoms with Crippen molar-refractivity contribution in [1.29, 1.82) is 0 Å². The number of benzene rings is 1. The molecular weight excluding hydrogens is 292 g/mol. The van der Waals surface area contributed by atoms with Crippen LogP contribution in [0.15, 0.2) is 18.2 Å². The van der Waals surface area contributed by atoms with Gasteiger partial charge in [0.2, 0.25) is 0 Å². The zero-order chi connectivity index (χ0) is 12.8. The van der Waals surface area contributed by atoms with Crippen LogP contribution in [0.5, 0.6) is 11.5 Å². The molecule has 0 saturated heterocycles. The Morgan fingerprint density at radius 1 is 1.11 bits per heavy atom. The van der Waals surface area contributed by atoms with Crippen LogP contribution >= 0.6 is 15.9 Å². The van der Waals surface area contributed by atoms with E-state index in [1.54, 1.807) is 0 Å². The molecular formula is C15H21BrO2. The van der Waals surface area contributed by atoms with Crippen LogP contribution in [0.25, 0.3) is 0 Å². The maximum atomic E-state index is 5.61. The average molecular weight is 313 g/mol. The molecule has 0 spiro atoms. The van der Waals surface area contributed by atoms with E-state index in [-0.39, 0.29) is 0 Å². The maximum Gasteiger partial charge on any atom is 0.161 e. The highest BCUT2D eigenvalue weighted by Crippen LogP contribution is 2.36. The Labute approximate surface area is 118 Å². The van der Waals surface area contributed by atoms with Crippen molar-refractivity contribution in [2.45, 2.75) is 43.9 Å². The number of hydrogen-bond acceptors (Lipinski definition) is 2. The molecule has 1 unspecified atom stereocenters. The van der Waals surface area contributed by atoms with Gasteiger partial charge < -0.3 is 9.47 Å². The van der Waals surface area contributed by atoms with Crippen LogP contribution < -0.4 is 9.47 Å². The van der Waals surface area contributed by atoms with Gasteiger partial charge in [-0.3, -0.25) is 0 Å². The molecule has 100 valence electrons. The summed E-state index contributed by atoms with van der Waals surface area (Å²) in [6, 6.07) is 6.25. The first kappa shape index (κ1) is 13.7. The first-order chi connectivity index (χ1) is 8.81. The van der Waals surface area contributed by atoms with Gasteiger partial charge in [-0.05, 0) is 24.1 Å². The van der Waals surface area contributed by atoms with E-state index in [1.807, 2.05) is 6.07 Å². The Morgan fingerprint density at radius 2 is 1.89 bits per heavy atom. The number of unbranched alkanes of at least 4 members (excludes halogenated alkanes) is 3. The zero-order valence-corrected chi connectivity index (χ0v) is 12.5. The fourth-order valence-electron chi connectivity index (χ4n) is 2.17. The molecule has 0 aliphatic carbocycles. The second-order valence-corrected chi connectivity index (χ2v) is 5.83. The molecule has 18 heavy (non-hydrogen) atoms. The van der Waals surface area contributed by atoms with Crippen molar-refractivity contribution in [1.82, 2.24) is 0 Å². The summed E-state index contributed by atoms with van der Waals surface area (Å²) in [6.07, 6.45) is 6.40. The molecule has 1 heterocycles. The van der Waals surface area contributed by atoms with Gasteiger partial charge in [0.25, 0.3) is 0 Å². The number of halogens is 1. The average Bonchev–Trinajstić information content (AvgIpc) is 2.43. The van der Waals surface area contributed by atoms with E-state index in [9.17, 15) is 0 Å². The third kappa shape index (κ3) is 3.64. The summed E-state index contributed by atoms with van der Waals surface area (Å²) in [6.45, 7) is 3.55. The second-order valence-electron chi connectivity index (χ2n) is 4.72. The molecule has 0 radical (unpaired) electrons. The standard InChI is InChI=1S/C15H21BrO2/c1-2-3-4-5-6-13(16)12-7-8-14-15(11-12)18-10-9-17-14/h7-8,11,13H,2-6,9-10H2,1H3. The molecule has 1 aromatic rings. The lowest BCUT2D eigenvalue weighted by atomic mass is 10.0. The second kappa shape index (κ2) is 7.03. The molecule has 0 aromatic heterocycles. The Kier molecular flexibility index (Phi) is 5.36. The molecule has 0 amide bonds. The summed E-state index contributed by atoms with van der Waals surface area (Å²) in [5.74, 6) is 1.76. The van der Waals surface area contributed by atoms with Gasteiger partial charge in [0, 0.05) is 4.83 Å². The van der Waals surface area contributed by atoms with Gasteiger partial charge in [-0.25, -0.2) is 0 Å². The van der Waals surface area contributed by atoms with E-state index in [4.69, 9.17) is 9.47 Å². The molecule has 1 atom stereocenters. The molecule has 1 aliphatic heterocycles. The van der Waals surface area contributed by atoms with Crippen LogP contribution in [0.1, 0.15) is 49.4 Å². The van der Waals surface area contributed by atoms with Gasteiger partial charge >= 0.3 is 0 Å². The lowest BCUT2D eigenvalue weighted by Crippen LogP contribution is -2.15. The monoisotopic (exact) mass is 312 g/mol. The molecule has 0 bridgehead atoms. The van der Waals surface area contributed by atoms with Crippen molar-refractivity contribution >= 4 is 15.9 Å². The van der Waals surface area contributed by atoms with E-state index < -0.39 is 0 Å². The number of alkyl halides is 1. The Hall–Kier alpha value is -0.700. The van der Waals surface area contributed by atoms with Crippen molar-refractivity contribution in [3.8, 4) is 11.5 Å². The zero-order valence-electron chi connectivity index (χ0n) is 11.0. The minimum atomic E-state index is 0.421. The largest absolute Gasteiger partial charge is 0.486 e. The van der Waals surface area contributed by atoms with E-state index in [0.29, 0.717) is 18.0 Å². The third-order valence-electron chi connectivity index (χ3n) is 3.24. The lowest BCUT2D eigenvalue weighted by molar-refractivity contribution is 0.171. The van der Waals surface area contributed by atoms with Gasteiger partial charge in [0.05, 0.1) is 0 Å². The van der Waals surface area contributed by atoms with Gasteiger partial charge in [-0.1, -0.05) is 54.6 Å². The Balaban J connectivity index is 1.91. The molecule has 2 rings (SSSR count). The SMILES string of the molecule is CCCCCCC(Br)c1ccc2c(c1)OCCO2. The van der Waals surface area contributed by atoms with Crippen LogP contribution in [0.3, 0.4) is 0 Å². The molecule has 0 N–H and O–H groups in total. The minimum absolute atomic E-state index is 0.421. The van der Waals surface area contributed by atoms with Crippen molar-refractivity contribution in [2.24, 2.45) is 0 Å². The van der Waals surface area contributed by atoms with Gasteiger partial charge in [0.1, 0.15) is 13.2 Å². The van der Waals surface area contributed by atoms with E-state index in [2.05, 4.69) is 35.0 Å². The Bertz CT molecular complexity index is 379. The van der Waals surface area contributed by atoms with E-state index in [1.165, 1.54) is 37.7 Å². The molecule has 0 saturated carbocycles. The number of fused-ring (bicyclic) bond motifs is 1. The number of rotatable bonds is 6. The van der Waals surface area contributed by atoms with Crippen LogP contribution in [0, 0.1) is 0 Å². The fourth-order valence-corrected chi connectivity index (χ4v) is 2.78. The quantitative estimate of drug-likeness (QED) is 0.551. The summed E-state index contributed by atoms with van der Waals surface area (Å²) in [5, 5.41) is 0. The summed E-state index contributed by atoms with van der Waals surface area (Å²) in [7, 11) is 0. The summed E-state index contributed by atoms with van der Waals surface area (Å²) in [4.78, 5) is 0.421. The van der Waals surface area contributed by atoms with Crippen molar-refractivity contribution < 1.29 is 9.47 Å². The van der Waals surface area contributed by atoms with E-state index >= 15 is 0 Å². The molecule has 2 nitrogen and oxygen atoms in total. The fraction of sp³-hybridized carbons (Fsp3) is 0.600. The lowest BCUT2D eigenvalue weighted by Gasteiger charge is -2.20.